The van der Waals surface area contributed by atoms with E-state index in [9.17, 15) is 20.0 Å². The predicted molar refractivity (Wildman–Crippen MR) is 71.9 cm³/mol. The summed E-state index contributed by atoms with van der Waals surface area (Å²) in [7, 11) is 0. The lowest BCUT2D eigenvalue weighted by atomic mass is 9.80. The Balaban J connectivity index is 3.33. The molecule has 0 radical (unpaired) electrons. The molecule has 0 aromatic heterocycles. The molecule has 0 aliphatic rings. The second-order valence-electron chi connectivity index (χ2n) is 4.99. The minimum absolute atomic E-state index is 0.125. The van der Waals surface area contributed by atoms with Gasteiger partial charge in [0.25, 0.3) is 5.69 Å². The number of nitrogen functional groups attached to an aromatic ring is 1. The lowest BCUT2D eigenvalue weighted by Gasteiger charge is -2.24. The van der Waals surface area contributed by atoms with Crippen molar-refractivity contribution in [3.8, 4) is 0 Å². The molecule has 0 saturated carbocycles. The highest BCUT2D eigenvalue weighted by Gasteiger charge is 2.31. The van der Waals surface area contributed by atoms with Gasteiger partial charge in [0.2, 0.25) is 0 Å². The van der Waals surface area contributed by atoms with Crippen LogP contribution in [0.1, 0.15) is 32.3 Å². The summed E-state index contributed by atoms with van der Waals surface area (Å²) in [5.41, 5.74) is 6.21. The van der Waals surface area contributed by atoms with Crippen molar-refractivity contribution >= 4 is 17.3 Å². The second kappa shape index (κ2) is 5.69. The van der Waals surface area contributed by atoms with Gasteiger partial charge in [0.05, 0.1) is 10.8 Å². The summed E-state index contributed by atoms with van der Waals surface area (Å²) in [5, 5.41) is 20.2. The normalized spacial score (nSPS) is 14.1. The molecule has 0 aliphatic heterocycles. The Kier molecular flexibility index (Phi) is 4.47. The molecule has 1 rings (SSSR count). The van der Waals surface area contributed by atoms with Crippen molar-refractivity contribution in [2.45, 2.75) is 26.7 Å². The molecule has 0 fully saturated rings. The predicted octanol–water partition coefficient (Wildman–Crippen LogP) is 2.64. The first kappa shape index (κ1) is 14.9. The van der Waals surface area contributed by atoms with Gasteiger partial charge in [-0.3, -0.25) is 14.9 Å². The third-order valence-electron chi connectivity index (χ3n) is 3.46. The molecule has 0 aliphatic carbocycles. The molecule has 0 amide bonds. The van der Waals surface area contributed by atoms with Crippen molar-refractivity contribution in [2.24, 2.45) is 11.8 Å². The largest absolute Gasteiger partial charge is 0.481 e. The van der Waals surface area contributed by atoms with Crippen molar-refractivity contribution in [3.05, 3.63) is 33.9 Å². The van der Waals surface area contributed by atoms with E-state index in [0.717, 1.165) is 0 Å². The number of hydrogen-bond acceptors (Lipinski definition) is 4. The summed E-state index contributed by atoms with van der Waals surface area (Å²) in [6.45, 7) is 5.63. The van der Waals surface area contributed by atoms with Gasteiger partial charge in [0, 0.05) is 17.8 Å². The SMILES string of the molecule is CC(C)C(C)C(C(=O)O)c1cc([N+](=O)[O-])ccc1N. The molecular weight excluding hydrogens is 248 g/mol. The Hall–Kier alpha value is -2.11. The number of nitrogens with two attached hydrogens (primary N) is 1. The molecule has 1 aromatic rings. The number of benzene rings is 1. The first-order valence-electron chi connectivity index (χ1n) is 6.02. The Bertz CT molecular complexity index is 499. The summed E-state index contributed by atoms with van der Waals surface area (Å²) in [5.74, 6) is -1.92. The molecule has 104 valence electrons. The van der Waals surface area contributed by atoms with E-state index in [1.807, 2.05) is 20.8 Å². The lowest BCUT2D eigenvalue weighted by Crippen LogP contribution is -2.24. The maximum atomic E-state index is 11.5. The molecular formula is C13H18N2O4. The Morgan fingerprint density at radius 1 is 1.37 bits per heavy atom. The van der Waals surface area contributed by atoms with Crippen molar-refractivity contribution in [1.29, 1.82) is 0 Å². The third kappa shape index (κ3) is 3.21. The molecule has 2 atom stereocenters. The van der Waals surface area contributed by atoms with Crippen molar-refractivity contribution in [2.75, 3.05) is 5.73 Å². The number of non-ortho nitro benzene ring substituents is 1. The molecule has 0 heterocycles. The number of nitrogens with zero attached hydrogens (tertiary/aromatic N) is 1. The van der Waals surface area contributed by atoms with E-state index in [1.165, 1.54) is 18.2 Å². The summed E-state index contributed by atoms with van der Waals surface area (Å²) < 4.78 is 0. The van der Waals surface area contributed by atoms with Gasteiger partial charge < -0.3 is 10.8 Å². The van der Waals surface area contributed by atoms with Gasteiger partial charge in [-0.25, -0.2) is 0 Å². The molecule has 6 heteroatoms. The molecule has 2 unspecified atom stereocenters. The van der Waals surface area contributed by atoms with Crippen LogP contribution in [0, 0.1) is 22.0 Å². The number of nitro benzene ring substituents is 1. The number of aliphatic carboxylic acids is 1. The zero-order valence-electron chi connectivity index (χ0n) is 11.2. The van der Waals surface area contributed by atoms with Crippen LogP contribution in [0.2, 0.25) is 0 Å². The van der Waals surface area contributed by atoms with Gasteiger partial charge in [0.15, 0.2) is 0 Å². The van der Waals surface area contributed by atoms with Gasteiger partial charge in [-0.15, -0.1) is 0 Å². The molecule has 0 spiro atoms. The molecule has 0 bridgehead atoms. The van der Waals surface area contributed by atoms with E-state index in [-0.39, 0.29) is 23.2 Å². The van der Waals surface area contributed by atoms with Crippen LogP contribution < -0.4 is 5.73 Å². The standard InChI is InChI=1S/C13H18N2O4/c1-7(2)8(3)12(13(16)17)10-6-9(15(18)19)4-5-11(10)14/h4-8,12H,14H2,1-3H3,(H,16,17). The average molecular weight is 266 g/mol. The number of hydrogen-bond donors (Lipinski definition) is 2. The maximum absolute atomic E-state index is 11.5. The quantitative estimate of drug-likeness (QED) is 0.484. The fourth-order valence-electron chi connectivity index (χ4n) is 1.97. The van der Waals surface area contributed by atoms with Crippen LogP contribution in [0.25, 0.3) is 0 Å². The van der Waals surface area contributed by atoms with Gasteiger partial charge in [-0.1, -0.05) is 20.8 Å². The zero-order chi connectivity index (χ0) is 14.7. The van der Waals surface area contributed by atoms with Crippen molar-refractivity contribution in [1.82, 2.24) is 0 Å². The van der Waals surface area contributed by atoms with E-state index in [4.69, 9.17) is 5.73 Å². The monoisotopic (exact) mass is 266 g/mol. The summed E-state index contributed by atoms with van der Waals surface area (Å²) in [6, 6.07) is 3.92. The number of nitro groups is 1. The lowest BCUT2D eigenvalue weighted by molar-refractivity contribution is -0.384. The van der Waals surface area contributed by atoms with Crippen LogP contribution in [0.4, 0.5) is 11.4 Å². The molecule has 0 saturated heterocycles. The Labute approximate surface area is 111 Å². The van der Waals surface area contributed by atoms with Gasteiger partial charge in [0.1, 0.15) is 0 Å². The highest BCUT2D eigenvalue weighted by molar-refractivity contribution is 5.79. The highest BCUT2D eigenvalue weighted by Crippen LogP contribution is 2.35. The first-order chi connectivity index (χ1) is 8.75. The van der Waals surface area contributed by atoms with Gasteiger partial charge in [-0.05, 0) is 23.5 Å². The van der Waals surface area contributed by atoms with E-state index in [1.54, 1.807) is 0 Å². The average Bonchev–Trinajstić information content (AvgIpc) is 2.30. The fourth-order valence-corrected chi connectivity index (χ4v) is 1.97. The van der Waals surface area contributed by atoms with Gasteiger partial charge in [-0.2, -0.15) is 0 Å². The van der Waals surface area contributed by atoms with Crippen LogP contribution in [0.15, 0.2) is 18.2 Å². The number of anilines is 1. The smallest absolute Gasteiger partial charge is 0.311 e. The fraction of sp³-hybridized carbons (Fsp3) is 0.462. The summed E-state index contributed by atoms with van der Waals surface area (Å²) >= 11 is 0. The van der Waals surface area contributed by atoms with Crippen LogP contribution in [-0.4, -0.2) is 16.0 Å². The van der Waals surface area contributed by atoms with E-state index in [0.29, 0.717) is 5.56 Å². The van der Waals surface area contributed by atoms with Crippen LogP contribution >= 0.6 is 0 Å². The van der Waals surface area contributed by atoms with E-state index in [2.05, 4.69) is 0 Å². The Morgan fingerprint density at radius 2 is 1.95 bits per heavy atom. The summed E-state index contributed by atoms with van der Waals surface area (Å²) in [4.78, 5) is 21.7. The first-order valence-corrected chi connectivity index (χ1v) is 6.02. The number of carbonyl (C=O) groups is 1. The minimum Gasteiger partial charge on any atom is -0.481 e. The number of carboxylic acid groups (broad SMARTS) is 1. The van der Waals surface area contributed by atoms with Crippen molar-refractivity contribution in [3.63, 3.8) is 0 Å². The topological polar surface area (TPSA) is 106 Å². The number of rotatable bonds is 5. The molecule has 6 nitrogen and oxygen atoms in total. The zero-order valence-corrected chi connectivity index (χ0v) is 11.2. The van der Waals surface area contributed by atoms with Crippen LogP contribution in [-0.2, 0) is 4.79 Å². The molecule has 3 N–H and O–H groups in total. The van der Waals surface area contributed by atoms with E-state index < -0.39 is 16.8 Å². The highest BCUT2D eigenvalue weighted by atomic mass is 16.6. The Morgan fingerprint density at radius 3 is 2.37 bits per heavy atom. The van der Waals surface area contributed by atoms with Crippen LogP contribution in [0.3, 0.4) is 0 Å². The number of carboxylic acids is 1. The minimum atomic E-state index is -1.02. The third-order valence-corrected chi connectivity index (χ3v) is 3.46. The molecule has 1 aromatic carbocycles. The van der Waals surface area contributed by atoms with E-state index >= 15 is 0 Å². The maximum Gasteiger partial charge on any atom is 0.311 e. The second-order valence-corrected chi connectivity index (χ2v) is 4.99. The van der Waals surface area contributed by atoms with Gasteiger partial charge >= 0.3 is 5.97 Å². The van der Waals surface area contributed by atoms with Crippen LogP contribution in [0.5, 0.6) is 0 Å². The van der Waals surface area contributed by atoms with Crippen molar-refractivity contribution < 1.29 is 14.8 Å². The summed E-state index contributed by atoms with van der Waals surface area (Å²) in [6.07, 6.45) is 0. The molecule has 19 heavy (non-hydrogen) atoms.